The summed E-state index contributed by atoms with van der Waals surface area (Å²) in [6, 6.07) is 0. The lowest BCUT2D eigenvalue weighted by Gasteiger charge is -2.28. The van der Waals surface area contributed by atoms with Crippen LogP contribution in [0.4, 0.5) is 0 Å². The van der Waals surface area contributed by atoms with E-state index in [4.69, 9.17) is 5.73 Å². The van der Waals surface area contributed by atoms with E-state index >= 15 is 0 Å². The van der Waals surface area contributed by atoms with Crippen LogP contribution in [0, 0.1) is 11.8 Å². The van der Waals surface area contributed by atoms with Gasteiger partial charge < -0.3 is 15.5 Å². The van der Waals surface area contributed by atoms with Crippen molar-refractivity contribution in [3.63, 3.8) is 0 Å². The van der Waals surface area contributed by atoms with Crippen LogP contribution in [0.15, 0.2) is 0 Å². The lowest BCUT2D eigenvalue weighted by atomic mass is 10.0. The molecule has 0 aliphatic carbocycles. The van der Waals surface area contributed by atoms with Gasteiger partial charge in [0, 0.05) is 25.6 Å². The minimum atomic E-state index is 0.0921. The molecule has 0 radical (unpaired) electrons. The van der Waals surface area contributed by atoms with Crippen LogP contribution in [0.3, 0.4) is 0 Å². The molecule has 2 N–H and O–H groups in total. The molecular weight excluding hydrogens is 226 g/mol. The van der Waals surface area contributed by atoms with Crippen LogP contribution in [0.2, 0.25) is 0 Å². The molecule has 0 heterocycles. The van der Waals surface area contributed by atoms with Crippen LogP contribution < -0.4 is 5.73 Å². The average Bonchev–Trinajstić information content (AvgIpc) is 2.29. The zero-order valence-electron chi connectivity index (χ0n) is 12.8. The number of likely N-dealkylation sites (N-methyl/N-ethyl adjacent to an activating group) is 1. The molecule has 0 aromatic carbocycles. The molecule has 4 nitrogen and oxygen atoms in total. The lowest BCUT2D eigenvalue weighted by Crippen LogP contribution is -2.41. The number of hydrogen-bond donors (Lipinski definition) is 1. The van der Waals surface area contributed by atoms with Crippen molar-refractivity contribution in [2.75, 3.05) is 40.3 Å². The van der Waals surface area contributed by atoms with E-state index in [1.54, 1.807) is 0 Å². The van der Waals surface area contributed by atoms with Gasteiger partial charge in [-0.1, -0.05) is 20.8 Å². The molecule has 0 spiro atoms. The molecule has 0 aliphatic heterocycles. The standard InChI is InChI=1S/C14H31N3O/c1-12(2)11-17(10-9-16(4)5)14(18)13(3)7-6-8-15/h12-13H,6-11,15H2,1-5H3. The highest BCUT2D eigenvalue weighted by Crippen LogP contribution is 2.11. The molecule has 0 rings (SSSR count). The fourth-order valence-corrected chi connectivity index (χ4v) is 1.91. The Balaban J connectivity index is 4.37. The lowest BCUT2D eigenvalue weighted by molar-refractivity contribution is -0.135. The van der Waals surface area contributed by atoms with E-state index in [1.807, 2.05) is 25.9 Å². The average molecular weight is 257 g/mol. The number of carbonyl (C=O) groups excluding carboxylic acids is 1. The molecule has 0 saturated carbocycles. The molecule has 0 aromatic heterocycles. The first-order chi connectivity index (χ1) is 8.38. The van der Waals surface area contributed by atoms with Gasteiger partial charge in [0.05, 0.1) is 0 Å². The summed E-state index contributed by atoms with van der Waals surface area (Å²) < 4.78 is 0. The summed E-state index contributed by atoms with van der Waals surface area (Å²) in [5.74, 6) is 0.881. The van der Waals surface area contributed by atoms with Crippen LogP contribution in [0.25, 0.3) is 0 Å². The largest absolute Gasteiger partial charge is 0.341 e. The maximum absolute atomic E-state index is 12.4. The van der Waals surface area contributed by atoms with Crippen molar-refractivity contribution in [3.05, 3.63) is 0 Å². The highest BCUT2D eigenvalue weighted by molar-refractivity contribution is 5.78. The van der Waals surface area contributed by atoms with Gasteiger partial charge in [-0.15, -0.1) is 0 Å². The Kier molecular flexibility index (Phi) is 9.02. The van der Waals surface area contributed by atoms with Crippen LogP contribution >= 0.6 is 0 Å². The Morgan fingerprint density at radius 2 is 1.78 bits per heavy atom. The molecule has 0 aliphatic rings. The van der Waals surface area contributed by atoms with E-state index in [0.29, 0.717) is 12.5 Å². The highest BCUT2D eigenvalue weighted by atomic mass is 16.2. The minimum Gasteiger partial charge on any atom is -0.341 e. The molecule has 1 amide bonds. The second kappa shape index (κ2) is 9.34. The molecule has 1 atom stereocenters. The van der Waals surface area contributed by atoms with Crippen molar-refractivity contribution in [2.45, 2.75) is 33.6 Å². The number of nitrogens with zero attached hydrogens (tertiary/aromatic N) is 2. The Hall–Kier alpha value is -0.610. The maximum atomic E-state index is 12.4. The number of rotatable bonds is 9. The molecule has 0 aromatic rings. The van der Waals surface area contributed by atoms with E-state index in [2.05, 4.69) is 18.7 Å². The van der Waals surface area contributed by atoms with E-state index in [1.165, 1.54) is 0 Å². The van der Waals surface area contributed by atoms with Crippen LogP contribution in [-0.4, -0.2) is 56.0 Å². The molecule has 1 unspecified atom stereocenters. The zero-order chi connectivity index (χ0) is 14.1. The SMILES string of the molecule is CC(C)CN(CCN(C)C)C(=O)C(C)CCCN. The monoisotopic (exact) mass is 257 g/mol. The fourth-order valence-electron chi connectivity index (χ4n) is 1.91. The molecule has 18 heavy (non-hydrogen) atoms. The smallest absolute Gasteiger partial charge is 0.225 e. The Morgan fingerprint density at radius 3 is 2.22 bits per heavy atom. The predicted octanol–water partition coefficient (Wildman–Crippen LogP) is 1.41. The second-order valence-electron chi connectivity index (χ2n) is 5.81. The van der Waals surface area contributed by atoms with Crippen LogP contribution in [0.5, 0.6) is 0 Å². The fraction of sp³-hybridized carbons (Fsp3) is 0.929. The van der Waals surface area contributed by atoms with Gasteiger partial charge in [-0.2, -0.15) is 0 Å². The van der Waals surface area contributed by atoms with Gasteiger partial charge in [-0.05, 0) is 39.4 Å². The molecule has 0 bridgehead atoms. The maximum Gasteiger partial charge on any atom is 0.225 e. The number of hydrogen-bond acceptors (Lipinski definition) is 3. The third kappa shape index (κ3) is 7.67. The zero-order valence-corrected chi connectivity index (χ0v) is 12.8. The summed E-state index contributed by atoms with van der Waals surface area (Å²) in [4.78, 5) is 16.5. The van der Waals surface area contributed by atoms with Gasteiger partial charge >= 0.3 is 0 Å². The number of carbonyl (C=O) groups is 1. The van der Waals surface area contributed by atoms with Crippen LogP contribution in [0.1, 0.15) is 33.6 Å². The third-order valence-electron chi connectivity index (χ3n) is 2.98. The van der Waals surface area contributed by atoms with E-state index in [-0.39, 0.29) is 11.8 Å². The van der Waals surface area contributed by atoms with E-state index in [9.17, 15) is 4.79 Å². The van der Waals surface area contributed by atoms with Crippen molar-refractivity contribution in [1.29, 1.82) is 0 Å². The predicted molar refractivity (Wildman–Crippen MR) is 77.4 cm³/mol. The Labute approximate surface area is 113 Å². The van der Waals surface area contributed by atoms with Crippen LogP contribution in [-0.2, 0) is 4.79 Å². The molecule has 0 saturated heterocycles. The summed E-state index contributed by atoms with van der Waals surface area (Å²) in [6.07, 6.45) is 1.82. The first-order valence-electron chi connectivity index (χ1n) is 7.02. The number of amides is 1. The van der Waals surface area contributed by atoms with Gasteiger partial charge in [0.15, 0.2) is 0 Å². The summed E-state index contributed by atoms with van der Waals surface area (Å²) in [5.41, 5.74) is 5.50. The molecule has 4 heteroatoms. The van der Waals surface area contributed by atoms with E-state index < -0.39 is 0 Å². The van der Waals surface area contributed by atoms with E-state index in [0.717, 1.165) is 32.5 Å². The first kappa shape index (κ1) is 17.4. The summed E-state index contributed by atoms with van der Waals surface area (Å²) in [6.45, 7) is 9.57. The summed E-state index contributed by atoms with van der Waals surface area (Å²) in [7, 11) is 4.08. The quantitative estimate of drug-likeness (QED) is 0.679. The van der Waals surface area contributed by atoms with Gasteiger partial charge in [0.25, 0.3) is 0 Å². The summed E-state index contributed by atoms with van der Waals surface area (Å²) in [5, 5.41) is 0. The van der Waals surface area contributed by atoms with Gasteiger partial charge in [-0.3, -0.25) is 4.79 Å². The summed E-state index contributed by atoms with van der Waals surface area (Å²) >= 11 is 0. The normalized spacial score (nSPS) is 13.1. The van der Waals surface area contributed by atoms with Gasteiger partial charge in [-0.25, -0.2) is 0 Å². The molecular formula is C14H31N3O. The van der Waals surface area contributed by atoms with Crippen molar-refractivity contribution in [3.8, 4) is 0 Å². The molecule has 0 fully saturated rings. The third-order valence-corrected chi connectivity index (χ3v) is 2.98. The minimum absolute atomic E-state index is 0.0921. The van der Waals surface area contributed by atoms with Crippen molar-refractivity contribution >= 4 is 5.91 Å². The van der Waals surface area contributed by atoms with Crippen molar-refractivity contribution < 1.29 is 4.79 Å². The topological polar surface area (TPSA) is 49.6 Å². The van der Waals surface area contributed by atoms with Crippen molar-refractivity contribution in [2.24, 2.45) is 17.6 Å². The van der Waals surface area contributed by atoms with Gasteiger partial charge in [0.1, 0.15) is 0 Å². The van der Waals surface area contributed by atoms with Gasteiger partial charge in [0.2, 0.25) is 5.91 Å². The molecule has 108 valence electrons. The Bertz CT molecular complexity index is 229. The number of nitrogens with two attached hydrogens (primary N) is 1. The Morgan fingerprint density at radius 1 is 1.17 bits per heavy atom. The first-order valence-corrected chi connectivity index (χ1v) is 7.02. The highest BCUT2D eigenvalue weighted by Gasteiger charge is 2.20. The van der Waals surface area contributed by atoms with Crippen molar-refractivity contribution in [1.82, 2.24) is 9.80 Å². The second-order valence-corrected chi connectivity index (χ2v) is 5.81.